The maximum atomic E-state index is 13.1. The van der Waals surface area contributed by atoms with Crippen LogP contribution in [0.3, 0.4) is 0 Å². The van der Waals surface area contributed by atoms with Gasteiger partial charge in [-0.2, -0.15) is 0 Å². The summed E-state index contributed by atoms with van der Waals surface area (Å²) in [6.07, 6.45) is 3.05. The molecule has 1 atom stereocenters. The standard InChI is InChI=1S/C20H24FN3O3/c21-15-6-4-14(5-7-15)17-8-9-18(27-17)20(26)24-12-2-1-3-16(24)13-23-19(25)10-11-22/h4-9,16H,1-3,10-13,22H2,(H,23,25). The number of nitrogens with zero attached hydrogens (tertiary/aromatic N) is 1. The summed E-state index contributed by atoms with van der Waals surface area (Å²) in [6.45, 7) is 1.34. The molecule has 1 aromatic heterocycles. The summed E-state index contributed by atoms with van der Waals surface area (Å²) < 4.78 is 18.8. The number of rotatable bonds is 6. The highest BCUT2D eigenvalue weighted by molar-refractivity contribution is 5.92. The zero-order valence-electron chi connectivity index (χ0n) is 15.1. The van der Waals surface area contributed by atoms with E-state index in [2.05, 4.69) is 5.32 Å². The maximum Gasteiger partial charge on any atom is 0.289 e. The van der Waals surface area contributed by atoms with Crippen LogP contribution in [0, 0.1) is 5.82 Å². The van der Waals surface area contributed by atoms with Crippen molar-refractivity contribution in [2.75, 3.05) is 19.6 Å². The summed E-state index contributed by atoms with van der Waals surface area (Å²) in [5.74, 6) is 0.139. The Morgan fingerprint density at radius 2 is 1.96 bits per heavy atom. The predicted molar refractivity (Wildman–Crippen MR) is 99.5 cm³/mol. The molecule has 0 radical (unpaired) electrons. The smallest absolute Gasteiger partial charge is 0.289 e. The van der Waals surface area contributed by atoms with Gasteiger partial charge in [0, 0.05) is 37.7 Å². The maximum absolute atomic E-state index is 13.1. The first-order valence-electron chi connectivity index (χ1n) is 9.22. The lowest BCUT2D eigenvalue weighted by Gasteiger charge is -2.35. The third kappa shape index (κ3) is 4.74. The van der Waals surface area contributed by atoms with Crippen molar-refractivity contribution < 1.29 is 18.4 Å². The molecule has 2 aromatic rings. The van der Waals surface area contributed by atoms with Crippen LogP contribution >= 0.6 is 0 Å². The highest BCUT2D eigenvalue weighted by Crippen LogP contribution is 2.25. The summed E-state index contributed by atoms with van der Waals surface area (Å²) >= 11 is 0. The van der Waals surface area contributed by atoms with Crippen molar-refractivity contribution in [3.63, 3.8) is 0 Å². The van der Waals surface area contributed by atoms with E-state index >= 15 is 0 Å². The zero-order valence-corrected chi connectivity index (χ0v) is 15.1. The number of halogens is 1. The summed E-state index contributed by atoms with van der Waals surface area (Å²) in [5.41, 5.74) is 6.10. The number of benzene rings is 1. The highest BCUT2D eigenvalue weighted by Gasteiger charge is 2.29. The molecule has 2 amide bonds. The van der Waals surface area contributed by atoms with E-state index in [0.29, 0.717) is 31.0 Å². The Bertz CT molecular complexity index is 788. The number of carbonyl (C=O) groups excluding carboxylic acids is 2. The molecular weight excluding hydrogens is 349 g/mol. The quantitative estimate of drug-likeness (QED) is 0.814. The van der Waals surface area contributed by atoms with Gasteiger partial charge >= 0.3 is 0 Å². The van der Waals surface area contributed by atoms with E-state index in [1.807, 2.05) is 0 Å². The number of nitrogens with one attached hydrogen (secondary N) is 1. The second-order valence-corrected chi connectivity index (χ2v) is 6.66. The number of likely N-dealkylation sites (tertiary alicyclic amines) is 1. The van der Waals surface area contributed by atoms with Crippen LogP contribution in [-0.4, -0.2) is 42.4 Å². The SMILES string of the molecule is NCCC(=O)NCC1CCCCN1C(=O)c1ccc(-c2ccc(F)cc2)o1. The monoisotopic (exact) mass is 373 g/mol. The average molecular weight is 373 g/mol. The summed E-state index contributed by atoms with van der Waals surface area (Å²) in [6, 6.07) is 9.21. The molecule has 1 saturated heterocycles. The van der Waals surface area contributed by atoms with Gasteiger partial charge < -0.3 is 20.4 Å². The van der Waals surface area contributed by atoms with E-state index in [1.54, 1.807) is 29.2 Å². The van der Waals surface area contributed by atoms with Crippen molar-refractivity contribution in [1.29, 1.82) is 0 Å². The number of carbonyl (C=O) groups is 2. The first-order chi connectivity index (χ1) is 13.1. The normalized spacial score (nSPS) is 17.0. The molecule has 0 bridgehead atoms. The topological polar surface area (TPSA) is 88.6 Å². The summed E-state index contributed by atoms with van der Waals surface area (Å²) in [7, 11) is 0. The molecular formula is C20H24FN3O3. The molecule has 1 aliphatic heterocycles. The Kier molecular flexibility index (Phi) is 6.24. The molecule has 2 heterocycles. The molecule has 27 heavy (non-hydrogen) atoms. The molecule has 1 fully saturated rings. The van der Waals surface area contributed by atoms with Gasteiger partial charge in [-0.15, -0.1) is 0 Å². The second kappa shape index (κ2) is 8.81. The average Bonchev–Trinajstić information content (AvgIpc) is 3.17. The van der Waals surface area contributed by atoms with Crippen molar-refractivity contribution in [2.24, 2.45) is 5.73 Å². The molecule has 3 N–H and O–H groups in total. The van der Waals surface area contributed by atoms with Gasteiger partial charge in [0.15, 0.2) is 5.76 Å². The van der Waals surface area contributed by atoms with E-state index in [9.17, 15) is 14.0 Å². The molecule has 0 spiro atoms. The Hall–Kier alpha value is -2.67. The number of hydrogen-bond acceptors (Lipinski definition) is 4. The fraction of sp³-hybridized carbons (Fsp3) is 0.400. The van der Waals surface area contributed by atoms with E-state index < -0.39 is 0 Å². The molecule has 1 aromatic carbocycles. The lowest BCUT2D eigenvalue weighted by Crippen LogP contribution is -2.49. The van der Waals surface area contributed by atoms with Gasteiger partial charge in [0.25, 0.3) is 5.91 Å². The molecule has 0 aliphatic carbocycles. The van der Waals surface area contributed by atoms with Crippen molar-refractivity contribution in [2.45, 2.75) is 31.7 Å². The third-order valence-electron chi connectivity index (χ3n) is 4.74. The minimum Gasteiger partial charge on any atom is -0.451 e. The van der Waals surface area contributed by atoms with Gasteiger partial charge in [0.1, 0.15) is 11.6 Å². The van der Waals surface area contributed by atoms with Gasteiger partial charge in [-0.25, -0.2) is 4.39 Å². The Balaban J connectivity index is 1.69. The summed E-state index contributed by atoms with van der Waals surface area (Å²) in [5, 5.41) is 2.85. The van der Waals surface area contributed by atoms with Crippen molar-refractivity contribution in [1.82, 2.24) is 10.2 Å². The lowest BCUT2D eigenvalue weighted by atomic mass is 10.0. The van der Waals surface area contributed by atoms with Crippen LogP contribution in [-0.2, 0) is 4.79 Å². The van der Waals surface area contributed by atoms with Crippen LogP contribution in [0.1, 0.15) is 36.2 Å². The first-order valence-corrected chi connectivity index (χ1v) is 9.22. The Morgan fingerprint density at radius 1 is 1.19 bits per heavy atom. The Morgan fingerprint density at radius 3 is 2.70 bits per heavy atom. The van der Waals surface area contributed by atoms with Crippen molar-refractivity contribution in [3.05, 3.63) is 48.0 Å². The van der Waals surface area contributed by atoms with Gasteiger partial charge in [-0.1, -0.05) is 0 Å². The molecule has 0 saturated carbocycles. The van der Waals surface area contributed by atoms with E-state index in [0.717, 1.165) is 19.3 Å². The zero-order chi connectivity index (χ0) is 19.2. The number of furan rings is 1. The van der Waals surface area contributed by atoms with Crippen LogP contribution in [0.2, 0.25) is 0 Å². The van der Waals surface area contributed by atoms with E-state index in [1.165, 1.54) is 12.1 Å². The van der Waals surface area contributed by atoms with Crippen molar-refractivity contribution in [3.8, 4) is 11.3 Å². The van der Waals surface area contributed by atoms with Gasteiger partial charge in [-0.05, 0) is 55.7 Å². The van der Waals surface area contributed by atoms with Gasteiger partial charge in [0.2, 0.25) is 5.91 Å². The van der Waals surface area contributed by atoms with Crippen LogP contribution in [0.15, 0.2) is 40.8 Å². The minimum absolute atomic E-state index is 0.0626. The van der Waals surface area contributed by atoms with Crippen LogP contribution in [0.25, 0.3) is 11.3 Å². The second-order valence-electron chi connectivity index (χ2n) is 6.66. The molecule has 6 nitrogen and oxygen atoms in total. The largest absolute Gasteiger partial charge is 0.451 e. The van der Waals surface area contributed by atoms with Gasteiger partial charge in [0.05, 0.1) is 0 Å². The fourth-order valence-corrected chi connectivity index (χ4v) is 3.29. The van der Waals surface area contributed by atoms with Crippen LogP contribution < -0.4 is 11.1 Å². The molecule has 144 valence electrons. The van der Waals surface area contributed by atoms with Crippen LogP contribution in [0.5, 0.6) is 0 Å². The molecule has 1 unspecified atom stereocenters. The highest BCUT2D eigenvalue weighted by atomic mass is 19.1. The predicted octanol–water partition coefficient (Wildman–Crippen LogP) is 2.55. The lowest BCUT2D eigenvalue weighted by molar-refractivity contribution is -0.121. The fourth-order valence-electron chi connectivity index (χ4n) is 3.29. The Labute approximate surface area is 157 Å². The number of amides is 2. The minimum atomic E-state index is -0.325. The van der Waals surface area contributed by atoms with Crippen LogP contribution in [0.4, 0.5) is 4.39 Å². The van der Waals surface area contributed by atoms with E-state index in [-0.39, 0.29) is 35.9 Å². The molecule has 3 rings (SSSR count). The molecule has 7 heteroatoms. The third-order valence-corrected chi connectivity index (χ3v) is 4.74. The number of nitrogens with two attached hydrogens (primary N) is 1. The first kappa shape index (κ1) is 19.1. The molecule has 1 aliphatic rings. The number of piperidine rings is 1. The summed E-state index contributed by atoms with van der Waals surface area (Å²) in [4.78, 5) is 26.4. The number of hydrogen-bond donors (Lipinski definition) is 2. The van der Waals surface area contributed by atoms with E-state index in [4.69, 9.17) is 10.2 Å². The van der Waals surface area contributed by atoms with Crippen molar-refractivity contribution >= 4 is 11.8 Å². The van der Waals surface area contributed by atoms with Gasteiger partial charge in [-0.3, -0.25) is 9.59 Å².